The number of nitro groups is 1. The molecule has 0 heterocycles. The topological polar surface area (TPSA) is 43.1 Å². The molecule has 0 aliphatic heterocycles. The predicted octanol–water partition coefficient (Wildman–Crippen LogP) is 4.16. The van der Waals surface area contributed by atoms with Gasteiger partial charge in [-0.25, -0.2) is 4.39 Å². The van der Waals surface area contributed by atoms with Crippen molar-refractivity contribution in [3.05, 3.63) is 62.9 Å². The highest BCUT2D eigenvalue weighted by Crippen LogP contribution is 2.32. The Balaban J connectivity index is 2.68. The molecule has 0 amide bonds. The minimum atomic E-state index is -0.518. The van der Waals surface area contributed by atoms with Crippen molar-refractivity contribution in [2.45, 2.75) is 0 Å². The average molecular weight is 296 g/mol. The fraction of sp³-hybridized carbons (Fsp3) is 0. The number of nitrogens with zero attached hydrogens (tertiary/aromatic N) is 1. The van der Waals surface area contributed by atoms with Crippen LogP contribution >= 0.6 is 15.9 Å². The van der Waals surface area contributed by atoms with Crippen LogP contribution in [0.5, 0.6) is 0 Å². The minimum absolute atomic E-state index is 0.107. The lowest BCUT2D eigenvalue weighted by molar-refractivity contribution is -0.384. The van der Waals surface area contributed by atoms with Crippen molar-refractivity contribution in [1.82, 2.24) is 0 Å². The second kappa shape index (κ2) is 4.63. The van der Waals surface area contributed by atoms with E-state index in [2.05, 4.69) is 15.9 Å². The summed E-state index contributed by atoms with van der Waals surface area (Å²) in [5.41, 5.74) is 0.382. The number of hydrogen-bond acceptors (Lipinski definition) is 2. The largest absolute Gasteiger partial charge is 0.277 e. The van der Waals surface area contributed by atoms with Crippen LogP contribution in [0.15, 0.2) is 46.9 Å². The zero-order valence-electron chi connectivity index (χ0n) is 8.56. The third-order valence-corrected chi connectivity index (χ3v) is 2.81. The van der Waals surface area contributed by atoms with E-state index in [0.717, 1.165) is 0 Å². The molecule has 0 saturated carbocycles. The highest BCUT2D eigenvalue weighted by molar-refractivity contribution is 9.10. The van der Waals surface area contributed by atoms with Crippen molar-refractivity contribution in [3.63, 3.8) is 0 Å². The Labute approximate surface area is 105 Å². The molecule has 0 aromatic heterocycles. The van der Waals surface area contributed by atoms with Crippen molar-refractivity contribution < 1.29 is 9.31 Å². The van der Waals surface area contributed by atoms with Gasteiger partial charge in [-0.3, -0.25) is 10.1 Å². The Kier molecular flexibility index (Phi) is 3.19. The maximum Gasteiger partial charge on any atom is 0.277 e. The number of rotatable bonds is 2. The lowest BCUT2D eigenvalue weighted by atomic mass is 10.0. The summed E-state index contributed by atoms with van der Waals surface area (Å²) in [6.45, 7) is 0. The number of halogens is 2. The maximum absolute atomic E-state index is 13.7. The van der Waals surface area contributed by atoms with Gasteiger partial charge in [0.05, 0.1) is 10.5 Å². The molecule has 2 rings (SSSR count). The number of benzene rings is 2. The average Bonchev–Trinajstić information content (AvgIpc) is 2.32. The molecule has 0 saturated heterocycles. The van der Waals surface area contributed by atoms with Crippen LogP contribution in [0.25, 0.3) is 11.1 Å². The Morgan fingerprint density at radius 3 is 2.53 bits per heavy atom. The first kappa shape index (κ1) is 11.7. The van der Waals surface area contributed by atoms with Gasteiger partial charge >= 0.3 is 0 Å². The summed E-state index contributed by atoms with van der Waals surface area (Å²) in [4.78, 5) is 10.3. The normalized spacial score (nSPS) is 10.2. The predicted molar refractivity (Wildman–Crippen MR) is 66.2 cm³/mol. The molecule has 0 bridgehead atoms. The van der Waals surface area contributed by atoms with Gasteiger partial charge in [-0.2, -0.15) is 0 Å². The van der Waals surface area contributed by atoms with Crippen LogP contribution in [-0.2, 0) is 0 Å². The molecule has 0 aliphatic carbocycles. The summed E-state index contributed by atoms with van der Waals surface area (Å²) in [7, 11) is 0. The van der Waals surface area contributed by atoms with E-state index in [9.17, 15) is 14.5 Å². The van der Waals surface area contributed by atoms with Gasteiger partial charge in [-0.15, -0.1) is 0 Å². The molecule has 5 heteroatoms. The van der Waals surface area contributed by atoms with E-state index in [1.54, 1.807) is 18.2 Å². The Morgan fingerprint density at radius 2 is 1.82 bits per heavy atom. The van der Waals surface area contributed by atoms with Gasteiger partial charge in [0.2, 0.25) is 0 Å². The van der Waals surface area contributed by atoms with Crippen molar-refractivity contribution in [1.29, 1.82) is 0 Å². The molecule has 2 aromatic rings. The first-order chi connectivity index (χ1) is 8.09. The second-order valence-corrected chi connectivity index (χ2v) is 4.31. The first-order valence-electron chi connectivity index (χ1n) is 4.78. The standard InChI is InChI=1S/C12H7BrFNO2/c13-8-5-6-11(14)10(7-8)9-3-1-2-4-12(9)15(16)17/h1-7H. The quantitative estimate of drug-likeness (QED) is 0.617. The molecule has 0 spiro atoms. The summed E-state index contributed by atoms with van der Waals surface area (Å²) in [6, 6.07) is 10.4. The van der Waals surface area contributed by atoms with Crippen LogP contribution in [0.3, 0.4) is 0 Å². The fourth-order valence-corrected chi connectivity index (χ4v) is 1.93. The molecule has 0 unspecified atom stereocenters. The van der Waals surface area contributed by atoms with Gasteiger partial charge < -0.3 is 0 Å². The van der Waals surface area contributed by atoms with Gasteiger partial charge in [-0.1, -0.05) is 28.1 Å². The van der Waals surface area contributed by atoms with Crippen molar-refractivity contribution in [2.75, 3.05) is 0 Å². The third kappa shape index (κ3) is 2.34. The van der Waals surface area contributed by atoms with E-state index in [1.807, 2.05) is 0 Å². The minimum Gasteiger partial charge on any atom is -0.258 e. The van der Waals surface area contributed by atoms with E-state index in [4.69, 9.17) is 0 Å². The SMILES string of the molecule is O=[N+]([O-])c1ccccc1-c1cc(Br)ccc1F. The number of para-hydroxylation sites is 1. The molecule has 0 N–H and O–H groups in total. The Morgan fingerprint density at radius 1 is 1.12 bits per heavy atom. The summed E-state index contributed by atoms with van der Waals surface area (Å²) < 4.78 is 14.3. The summed E-state index contributed by atoms with van der Waals surface area (Å²) in [6.07, 6.45) is 0. The van der Waals surface area contributed by atoms with Gasteiger partial charge in [0, 0.05) is 16.1 Å². The molecule has 17 heavy (non-hydrogen) atoms. The molecule has 86 valence electrons. The molecule has 0 fully saturated rings. The molecular formula is C12H7BrFNO2. The van der Waals surface area contributed by atoms with Crippen LogP contribution in [0.1, 0.15) is 0 Å². The van der Waals surface area contributed by atoms with E-state index in [0.29, 0.717) is 4.47 Å². The van der Waals surface area contributed by atoms with Crippen LogP contribution in [0, 0.1) is 15.9 Å². The van der Waals surface area contributed by atoms with Crippen LogP contribution in [0.4, 0.5) is 10.1 Å². The first-order valence-corrected chi connectivity index (χ1v) is 5.58. The highest BCUT2D eigenvalue weighted by atomic mass is 79.9. The smallest absolute Gasteiger partial charge is 0.258 e. The lowest BCUT2D eigenvalue weighted by Crippen LogP contribution is -1.93. The lowest BCUT2D eigenvalue weighted by Gasteiger charge is -2.05. The number of hydrogen-bond donors (Lipinski definition) is 0. The maximum atomic E-state index is 13.7. The van der Waals surface area contributed by atoms with Gasteiger partial charge in [0.1, 0.15) is 5.82 Å². The Hall–Kier alpha value is -1.75. The fourth-order valence-electron chi connectivity index (χ4n) is 1.56. The Bertz CT molecular complexity index is 586. The van der Waals surface area contributed by atoms with E-state index >= 15 is 0 Å². The van der Waals surface area contributed by atoms with Gasteiger partial charge in [0.25, 0.3) is 5.69 Å². The monoisotopic (exact) mass is 295 g/mol. The summed E-state index contributed by atoms with van der Waals surface area (Å²) in [5.74, 6) is -0.484. The van der Waals surface area contributed by atoms with E-state index in [1.165, 1.54) is 24.3 Å². The molecule has 0 aliphatic rings. The van der Waals surface area contributed by atoms with Gasteiger partial charge in [-0.05, 0) is 24.3 Å². The van der Waals surface area contributed by atoms with E-state index in [-0.39, 0.29) is 16.8 Å². The van der Waals surface area contributed by atoms with E-state index < -0.39 is 10.7 Å². The molecule has 2 aromatic carbocycles. The molecule has 3 nitrogen and oxygen atoms in total. The van der Waals surface area contributed by atoms with Crippen LogP contribution in [0.2, 0.25) is 0 Å². The second-order valence-electron chi connectivity index (χ2n) is 3.40. The summed E-state index contributed by atoms with van der Waals surface area (Å²) >= 11 is 3.22. The highest BCUT2D eigenvalue weighted by Gasteiger charge is 2.17. The van der Waals surface area contributed by atoms with Crippen molar-refractivity contribution in [2.24, 2.45) is 0 Å². The molecule has 0 radical (unpaired) electrons. The zero-order chi connectivity index (χ0) is 12.4. The number of nitro benzene ring substituents is 1. The molecule has 0 atom stereocenters. The van der Waals surface area contributed by atoms with Crippen LogP contribution in [-0.4, -0.2) is 4.92 Å². The van der Waals surface area contributed by atoms with Crippen LogP contribution < -0.4 is 0 Å². The molecular weight excluding hydrogens is 289 g/mol. The third-order valence-electron chi connectivity index (χ3n) is 2.32. The zero-order valence-corrected chi connectivity index (χ0v) is 10.1. The summed E-state index contributed by atoms with van der Waals surface area (Å²) in [5, 5.41) is 10.9. The van der Waals surface area contributed by atoms with Crippen molar-refractivity contribution in [3.8, 4) is 11.1 Å². The van der Waals surface area contributed by atoms with Crippen molar-refractivity contribution >= 4 is 21.6 Å². The van der Waals surface area contributed by atoms with Gasteiger partial charge in [0.15, 0.2) is 0 Å².